The molecule has 1 N–H and O–H groups in total. The van der Waals surface area contributed by atoms with E-state index in [1.165, 1.54) is 5.56 Å². The number of carbonyl (C=O) groups excluding carboxylic acids is 1. The van der Waals surface area contributed by atoms with Crippen molar-refractivity contribution in [2.24, 2.45) is 0 Å². The Morgan fingerprint density at radius 3 is 2.86 bits per heavy atom. The molecule has 29 heavy (non-hydrogen) atoms. The van der Waals surface area contributed by atoms with Gasteiger partial charge >= 0.3 is 0 Å². The van der Waals surface area contributed by atoms with E-state index < -0.39 is 0 Å². The third-order valence-corrected chi connectivity index (χ3v) is 5.65. The van der Waals surface area contributed by atoms with Gasteiger partial charge in [0.2, 0.25) is 11.8 Å². The van der Waals surface area contributed by atoms with Crippen LogP contribution in [-0.2, 0) is 17.6 Å². The first-order valence-electron chi connectivity index (χ1n) is 9.98. The molecule has 1 amide bonds. The van der Waals surface area contributed by atoms with Gasteiger partial charge in [-0.05, 0) is 29.7 Å². The molecule has 1 saturated heterocycles. The zero-order valence-electron chi connectivity index (χ0n) is 16.3. The van der Waals surface area contributed by atoms with Crippen molar-refractivity contribution in [1.82, 2.24) is 15.1 Å². The van der Waals surface area contributed by atoms with Gasteiger partial charge in [0.25, 0.3) is 0 Å². The number of hydrogen-bond acceptors (Lipinski definition) is 4. The molecule has 2 aromatic carbocycles. The maximum atomic E-state index is 12.7. The lowest BCUT2D eigenvalue weighted by Crippen LogP contribution is -2.25. The number of rotatable bonds is 5. The monoisotopic (exact) mass is 386 g/mol. The Labute approximate surface area is 168 Å². The Kier molecular flexibility index (Phi) is 4.39. The van der Waals surface area contributed by atoms with Crippen LogP contribution in [0.5, 0.6) is 0 Å². The van der Waals surface area contributed by atoms with Crippen molar-refractivity contribution in [1.29, 1.82) is 0 Å². The van der Waals surface area contributed by atoms with Crippen LogP contribution in [0.15, 0.2) is 59.3 Å². The van der Waals surface area contributed by atoms with Crippen molar-refractivity contribution in [2.45, 2.75) is 32.1 Å². The lowest BCUT2D eigenvalue weighted by molar-refractivity contribution is -0.117. The van der Waals surface area contributed by atoms with E-state index in [0.29, 0.717) is 31.1 Å². The Bertz CT molecular complexity index is 1180. The third-order valence-electron chi connectivity index (χ3n) is 5.65. The van der Waals surface area contributed by atoms with Gasteiger partial charge in [0.1, 0.15) is 0 Å². The first-order valence-corrected chi connectivity index (χ1v) is 9.98. The second-order valence-corrected chi connectivity index (χ2v) is 7.47. The number of carbonyl (C=O) groups is 1. The minimum atomic E-state index is -0.0483. The number of nitrogens with one attached hydrogen (secondary N) is 1. The van der Waals surface area contributed by atoms with Gasteiger partial charge in [-0.2, -0.15) is 4.98 Å². The number of anilines is 1. The number of nitrogens with zero attached hydrogens (tertiary/aromatic N) is 3. The zero-order chi connectivity index (χ0) is 19.8. The quantitative estimate of drug-likeness (QED) is 0.557. The van der Waals surface area contributed by atoms with E-state index in [4.69, 9.17) is 4.52 Å². The van der Waals surface area contributed by atoms with E-state index in [9.17, 15) is 4.79 Å². The number of H-pyrrole nitrogens is 1. The molecule has 0 aliphatic carbocycles. The summed E-state index contributed by atoms with van der Waals surface area (Å²) in [6.45, 7) is 2.69. The largest absolute Gasteiger partial charge is 0.361 e. The number of amides is 1. The molecule has 1 fully saturated rings. The van der Waals surface area contributed by atoms with Crippen LogP contribution in [0.4, 0.5) is 5.69 Å². The fourth-order valence-electron chi connectivity index (χ4n) is 4.13. The lowest BCUT2D eigenvalue weighted by atomic mass is 10.1. The van der Waals surface area contributed by atoms with Crippen molar-refractivity contribution < 1.29 is 9.32 Å². The zero-order valence-corrected chi connectivity index (χ0v) is 16.3. The molecular weight excluding hydrogens is 364 g/mol. The molecule has 6 nitrogen and oxygen atoms in total. The van der Waals surface area contributed by atoms with Crippen LogP contribution in [0.25, 0.3) is 10.9 Å². The van der Waals surface area contributed by atoms with Gasteiger partial charge in [0.05, 0.1) is 6.42 Å². The second kappa shape index (κ2) is 7.20. The number of hydrogen-bond donors (Lipinski definition) is 1. The normalized spacial score (nSPS) is 16.8. The van der Waals surface area contributed by atoms with Crippen molar-refractivity contribution in [3.63, 3.8) is 0 Å². The molecule has 1 aliphatic rings. The SMILES string of the molecule is CCc1ccccc1N1CC(c2noc(Cc3c[nH]c4ccccc34)n2)CC1=O. The standard InChI is InChI=1S/C23H22N4O2/c1-2-15-7-3-6-10-20(15)27-14-17(12-22(27)28)23-25-21(29-26-23)11-16-13-24-19-9-5-4-8-18(16)19/h3-10,13,17,24H,2,11-12,14H2,1H3. The van der Waals surface area contributed by atoms with E-state index in [1.807, 2.05) is 47.5 Å². The Balaban J connectivity index is 1.35. The molecule has 3 heterocycles. The van der Waals surface area contributed by atoms with Gasteiger partial charge in [-0.15, -0.1) is 0 Å². The summed E-state index contributed by atoms with van der Waals surface area (Å²) in [4.78, 5) is 22.4. The highest BCUT2D eigenvalue weighted by Gasteiger charge is 2.35. The topological polar surface area (TPSA) is 75.0 Å². The first-order chi connectivity index (χ1) is 14.2. The fraction of sp³-hybridized carbons (Fsp3) is 0.261. The van der Waals surface area contributed by atoms with Crippen LogP contribution >= 0.6 is 0 Å². The number of para-hydroxylation sites is 2. The predicted octanol–water partition coefficient (Wildman–Crippen LogP) is 4.22. The Morgan fingerprint density at radius 1 is 1.14 bits per heavy atom. The summed E-state index contributed by atoms with van der Waals surface area (Å²) in [6, 6.07) is 16.2. The summed E-state index contributed by atoms with van der Waals surface area (Å²) < 4.78 is 5.52. The molecule has 0 saturated carbocycles. The molecular formula is C23H22N4O2. The number of benzene rings is 2. The molecule has 146 valence electrons. The summed E-state index contributed by atoms with van der Waals surface area (Å²) in [5, 5.41) is 5.35. The van der Waals surface area contributed by atoms with Crippen LogP contribution in [0.2, 0.25) is 0 Å². The van der Waals surface area contributed by atoms with Gasteiger partial charge in [0.15, 0.2) is 5.82 Å². The maximum absolute atomic E-state index is 12.7. The van der Waals surface area contributed by atoms with E-state index in [2.05, 4.69) is 34.2 Å². The molecule has 1 aliphatic heterocycles. The van der Waals surface area contributed by atoms with Gasteiger partial charge in [-0.3, -0.25) is 4.79 Å². The number of aryl methyl sites for hydroxylation is 1. The average molecular weight is 386 g/mol. The summed E-state index contributed by atoms with van der Waals surface area (Å²) in [5.74, 6) is 1.25. The first kappa shape index (κ1) is 17.7. The summed E-state index contributed by atoms with van der Waals surface area (Å²) in [6.07, 6.45) is 3.85. The second-order valence-electron chi connectivity index (χ2n) is 7.47. The minimum Gasteiger partial charge on any atom is -0.361 e. The van der Waals surface area contributed by atoms with E-state index in [1.54, 1.807) is 0 Å². The van der Waals surface area contributed by atoms with E-state index in [-0.39, 0.29) is 11.8 Å². The Morgan fingerprint density at radius 2 is 1.97 bits per heavy atom. The van der Waals surface area contributed by atoms with Crippen LogP contribution in [-0.4, -0.2) is 27.6 Å². The van der Waals surface area contributed by atoms with Crippen LogP contribution in [0.1, 0.15) is 42.1 Å². The molecule has 5 rings (SSSR count). The summed E-state index contributed by atoms with van der Waals surface area (Å²) in [7, 11) is 0. The van der Waals surface area contributed by atoms with Gasteiger partial charge in [0, 0.05) is 41.7 Å². The molecule has 0 radical (unpaired) electrons. The smallest absolute Gasteiger partial charge is 0.231 e. The maximum Gasteiger partial charge on any atom is 0.231 e. The molecule has 1 atom stereocenters. The van der Waals surface area contributed by atoms with E-state index >= 15 is 0 Å². The van der Waals surface area contributed by atoms with Crippen molar-refractivity contribution >= 4 is 22.5 Å². The van der Waals surface area contributed by atoms with Crippen molar-refractivity contribution in [3.05, 3.63) is 77.6 Å². The van der Waals surface area contributed by atoms with Crippen LogP contribution in [0.3, 0.4) is 0 Å². The lowest BCUT2D eigenvalue weighted by Gasteiger charge is -2.19. The molecule has 0 spiro atoms. The van der Waals surface area contributed by atoms with Crippen LogP contribution in [0, 0.1) is 0 Å². The molecule has 4 aromatic rings. The number of aromatic amines is 1. The number of aromatic nitrogens is 3. The van der Waals surface area contributed by atoms with Crippen molar-refractivity contribution in [3.8, 4) is 0 Å². The van der Waals surface area contributed by atoms with Crippen molar-refractivity contribution in [2.75, 3.05) is 11.4 Å². The highest BCUT2D eigenvalue weighted by Crippen LogP contribution is 2.32. The molecule has 0 bridgehead atoms. The fourth-order valence-corrected chi connectivity index (χ4v) is 4.13. The summed E-state index contributed by atoms with van der Waals surface area (Å²) >= 11 is 0. The van der Waals surface area contributed by atoms with Gasteiger partial charge in [-0.25, -0.2) is 0 Å². The highest BCUT2D eigenvalue weighted by molar-refractivity contribution is 5.97. The predicted molar refractivity (Wildman–Crippen MR) is 111 cm³/mol. The number of fused-ring (bicyclic) bond motifs is 1. The van der Waals surface area contributed by atoms with Gasteiger partial charge < -0.3 is 14.4 Å². The van der Waals surface area contributed by atoms with E-state index in [0.717, 1.165) is 28.6 Å². The highest BCUT2D eigenvalue weighted by atomic mass is 16.5. The molecule has 2 aromatic heterocycles. The van der Waals surface area contributed by atoms with Gasteiger partial charge in [-0.1, -0.05) is 48.5 Å². The summed E-state index contributed by atoms with van der Waals surface area (Å²) in [5.41, 5.74) is 4.38. The van der Waals surface area contributed by atoms with Crippen LogP contribution < -0.4 is 4.90 Å². The molecule has 1 unspecified atom stereocenters. The third kappa shape index (κ3) is 3.20. The molecule has 6 heteroatoms. The Hall–Kier alpha value is -3.41. The minimum absolute atomic E-state index is 0.0483. The average Bonchev–Trinajstić information content (AvgIpc) is 3.47.